The Kier molecular flexibility index (Phi) is 4.56. The number of rotatable bonds is 3. The normalized spacial score (nSPS) is 15.7. The molecule has 0 radical (unpaired) electrons. The SMILES string of the molecule is Oc1cccc(OCC2CO2)c1.c1ccc2ccccc2c1. The number of hydrogen-bond donors (Lipinski definition) is 1. The van der Waals surface area contributed by atoms with E-state index in [9.17, 15) is 0 Å². The molecule has 0 saturated carbocycles. The molecule has 22 heavy (non-hydrogen) atoms. The molecule has 1 heterocycles. The van der Waals surface area contributed by atoms with Gasteiger partial charge in [0.25, 0.3) is 0 Å². The third-order valence-electron chi connectivity index (χ3n) is 3.31. The number of phenols is 1. The van der Waals surface area contributed by atoms with Crippen molar-refractivity contribution >= 4 is 10.8 Å². The number of fused-ring (bicyclic) bond motifs is 1. The largest absolute Gasteiger partial charge is 0.508 e. The van der Waals surface area contributed by atoms with Crippen molar-refractivity contribution in [2.45, 2.75) is 6.10 Å². The fourth-order valence-electron chi connectivity index (χ4n) is 2.06. The summed E-state index contributed by atoms with van der Waals surface area (Å²) < 4.78 is 10.3. The van der Waals surface area contributed by atoms with Crippen LogP contribution in [0.5, 0.6) is 11.5 Å². The van der Waals surface area contributed by atoms with Gasteiger partial charge in [-0.15, -0.1) is 0 Å². The minimum absolute atomic E-state index is 0.226. The van der Waals surface area contributed by atoms with Gasteiger partial charge < -0.3 is 14.6 Å². The van der Waals surface area contributed by atoms with E-state index in [2.05, 4.69) is 48.5 Å². The second-order valence-electron chi connectivity index (χ2n) is 5.11. The Labute approximate surface area is 129 Å². The molecule has 0 spiro atoms. The lowest BCUT2D eigenvalue weighted by Gasteiger charge is -2.03. The number of benzene rings is 3. The van der Waals surface area contributed by atoms with Gasteiger partial charge in [0.1, 0.15) is 24.2 Å². The van der Waals surface area contributed by atoms with Crippen molar-refractivity contribution in [1.82, 2.24) is 0 Å². The zero-order valence-corrected chi connectivity index (χ0v) is 12.2. The first-order chi connectivity index (χ1) is 10.8. The number of hydrogen-bond acceptors (Lipinski definition) is 3. The zero-order chi connectivity index (χ0) is 15.2. The molecule has 0 aromatic heterocycles. The summed E-state index contributed by atoms with van der Waals surface area (Å²) in [6.45, 7) is 1.36. The summed E-state index contributed by atoms with van der Waals surface area (Å²) in [7, 11) is 0. The van der Waals surface area contributed by atoms with E-state index in [-0.39, 0.29) is 11.9 Å². The van der Waals surface area contributed by atoms with Gasteiger partial charge in [0, 0.05) is 6.07 Å². The first-order valence-corrected chi connectivity index (χ1v) is 7.28. The molecule has 0 bridgehead atoms. The molecular weight excluding hydrogens is 276 g/mol. The van der Waals surface area contributed by atoms with Crippen LogP contribution in [-0.4, -0.2) is 24.4 Å². The van der Waals surface area contributed by atoms with Crippen molar-refractivity contribution in [1.29, 1.82) is 0 Å². The molecule has 1 fully saturated rings. The van der Waals surface area contributed by atoms with Crippen molar-refractivity contribution in [3.8, 4) is 11.5 Å². The molecule has 1 saturated heterocycles. The summed E-state index contributed by atoms with van der Waals surface area (Å²) >= 11 is 0. The molecule has 1 unspecified atom stereocenters. The predicted octanol–water partition coefficient (Wildman–Crippen LogP) is 4.01. The van der Waals surface area contributed by atoms with Crippen LogP contribution < -0.4 is 4.74 Å². The highest BCUT2D eigenvalue weighted by molar-refractivity contribution is 5.81. The summed E-state index contributed by atoms with van der Waals surface area (Å²) in [4.78, 5) is 0. The minimum atomic E-state index is 0.226. The Morgan fingerprint density at radius 2 is 1.50 bits per heavy atom. The van der Waals surface area contributed by atoms with Gasteiger partial charge >= 0.3 is 0 Å². The third-order valence-corrected chi connectivity index (χ3v) is 3.31. The van der Waals surface area contributed by atoms with E-state index >= 15 is 0 Å². The van der Waals surface area contributed by atoms with Gasteiger partial charge in [-0.05, 0) is 22.9 Å². The maximum absolute atomic E-state index is 9.08. The predicted molar refractivity (Wildman–Crippen MR) is 87.3 cm³/mol. The molecule has 3 nitrogen and oxygen atoms in total. The van der Waals surface area contributed by atoms with Crippen LogP contribution in [-0.2, 0) is 4.74 Å². The fourth-order valence-corrected chi connectivity index (χ4v) is 2.06. The smallest absolute Gasteiger partial charge is 0.123 e. The van der Waals surface area contributed by atoms with E-state index in [1.165, 1.54) is 10.8 Å². The Bertz CT molecular complexity index is 670. The Morgan fingerprint density at radius 3 is 2.00 bits per heavy atom. The lowest BCUT2D eigenvalue weighted by molar-refractivity contribution is 0.262. The van der Waals surface area contributed by atoms with E-state index in [1.807, 2.05) is 6.07 Å². The van der Waals surface area contributed by atoms with Crippen LogP contribution in [0.3, 0.4) is 0 Å². The van der Waals surface area contributed by atoms with Crippen LogP contribution >= 0.6 is 0 Å². The maximum Gasteiger partial charge on any atom is 0.123 e. The van der Waals surface area contributed by atoms with Crippen LogP contribution in [0.15, 0.2) is 72.8 Å². The summed E-state index contributed by atoms with van der Waals surface area (Å²) in [6, 6.07) is 23.5. The summed E-state index contributed by atoms with van der Waals surface area (Å²) in [5.41, 5.74) is 0. The number of aromatic hydroxyl groups is 1. The lowest BCUT2D eigenvalue weighted by Crippen LogP contribution is -2.03. The third kappa shape index (κ3) is 4.24. The summed E-state index contributed by atoms with van der Waals surface area (Å²) in [5, 5.41) is 11.7. The molecule has 112 valence electrons. The van der Waals surface area contributed by atoms with Crippen molar-refractivity contribution in [3.63, 3.8) is 0 Å². The van der Waals surface area contributed by atoms with E-state index in [4.69, 9.17) is 14.6 Å². The Balaban J connectivity index is 0.000000133. The number of ether oxygens (including phenoxy) is 2. The first-order valence-electron chi connectivity index (χ1n) is 7.28. The molecule has 0 amide bonds. The van der Waals surface area contributed by atoms with Crippen LogP contribution in [0.25, 0.3) is 10.8 Å². The van der Waals surface area contributed by atoms with Gasteiger partial charge in [0.05, 0.1) is 6.61 Å². The van der Waals surface area contributed by atoms with Crippen molar-refractivity contribution in [2.75, 3.05) is 13.2 Å². The monoisotopic (exact) mass is 294 g/mol. The highest BCUT2D eigenvalue weighted by Crippen LogP contribution is 2.19. The maximum atomic E-state index is 9.08. The van der Waals surface area contributed by atoms with Crippen molar-refractivity contribution in [2.24, 2.45) is 0 Å². The van der Waals surface area contributed by atoms with Crippen LogP contribution in [0.1, 0.15) is 0 Å². The highest BCUT2D eigenvalue weighted by atomic mass is 16.6. The molecule has 1 atom stereocenters. The van der Waals surface area contributed by atoms with E-state index in [0.29, 0.717) is 12.4 Å². The van der Waals surface area contributed by atoms with Gasteiger partial charge in [-0.1, -0.05) is 54.6 Å². The zero-order valence-electron chi connectivity index (χ0n) is 12.2. The lowest BCUT2D eigenvalue weighted by atomic mass is 10.1. The molecule has 1 aliphatic rings. The molecule has 0 aliphatic carbocycles. The van der Waals surface area contributed by atoms with Gasteiger partial charge in [-0.2, -0.15) is 0 Å². The van der Waals surface area contributed by atoms with E-state index < -0.39 is 0 Å². The summed E-state index contributed by atoms with van der Waals surface area (Å²) in [5.74, 6) is 0.912. The topological polar surface area (TPSA) is 42.0 Å². The molecular formula is C19H18O3. The molecule has 1 aliphatic heterocycles. The average molecular weight is 294 g/mol. The number of epoxide rings is 1. The van der Waals surface area contributed by atoms with Crippen LogP contribution in [0.4, 0.5) is 0 Å². The van der Waals surface area contributed by atoms with Gasteiger partial charge in [0.15, 0.2) is 0 Å². The van der Waals surface area contributed by atoms with Crippen LogP contribution in [0.2, 0.25) is 0 Å². The quantitative estimate of drug-likeness (QED) is 0.742. The molecule has 3 aromatic carbocycles. The standard InChI is InChI=1S/C10H8.C9H10O3/c1-2-6-10-8-4-3-7-9(10)5-1;10-7-2-1-3-8(4-7)11-5-9-6-12-9/h1-8H;1-4,9-10H,5-6H2. The molecule has 1 N–H and O–H groups in total. The van der Waals surface area contributed by atoms with Crippen LogP contribution in [0, 0.1) is 0 Å². The molecule has 3 aromatic rings. The Hall–Kier alpha value is -2.52. The Morgan fingerprint density at radius 1 is 0.909 bits per heavy atom. The van der Waals surface area contributed by atoms with Crippen molar-refractivity contribution < 1.29 is 14.6 Å². The fraction of sp³-hybridized carbons (Fsp3) is 0.158. The number of phenolic OH excluding ortho intramolecular Hbond substituents is 1. The average Bonchev–Trinajstić information content (AvgIpc) is 3.38. The van der Waals surface area contributed by atoms with Gasteiger partial charge in [-0.3, -0.25) is 0 Å². The first kappa shape index (κ1) is 14.4. The second kappa shape index (κ2) is 6.96. The molecule has 4 rings (SSSR count). The second-order valence-corrected chi connectivity index (χ2v) is 5.11. The van der Waals surface area contributed by atoms with E-state index in [1.54, 1.807) is 18.2 Å². The van der Waals surface area contributed by atoms with Gasteiger partial charge in [-0.25, -0.2) is 0 Å². The summed E-state index contributed by atoms with van der Waals surface area (Å²) in [6.07, 6.45) is 0.257. The van der Waals surface area contributed by atoms with Gasteiger partial charge in [0.2, 0.25) is 0 Å². The minimum Gasteiger partial charge on any atom is -0.508 e. The highest BCUT2D eigenvalue weighted by Gasteiger charge is 2.22. The molecule has 3 heteroatoms. The van der Waals surface area contributed by atoms with E-state index in [0.717, 1.165) is 6.61 Å². The van der Waals surface area contributed by atoms with Crippen molar-refractivity contribution in [3.05, 3.63) is 72.8 Å².